The highest BCUT2D eigenvalue weighted by Crippen LogP contribution is 2.13. The molecule has 1 aromatic rings. The van der Waals surface area contributed by atoms with E-state index in [0.717, 1.165) is 18.0 Å². The van der Waals surface area contributed by atoms with E-state index in [9.17, 15) is 0 Å². The van der Waals surface area contributed by atoms with Gasteiger partial charge in [-0.3, -0.25) is 4.98 Å². The normalized spacial score (nSPS) is 10.5. The van der Waals surface area contributed by atoms with Crippen molar-refractivity contribution in [1.29, 1.82) is 0 Å². The first-order valence-electron chi connectivity index (χ1n) is 4.45. The lowest BCUT2D eigenvalue weighted by Crippen LogP contribution is -2.22. The lowest BCUT2D eigenvalue weighted by atomic mass is 10.3. The zero-order chi connectivity index (χ0) is 9.68. The molecule has 1 aromatic heterocycles. The van der Waals surface area contributed by atoms with Crippen LogP contribution in [0.1, 0.15) is 19.5 Å². The van der Waals surface area contributed by atoms with Crippen LogP contribution in [0.15, 0.2) is 18.3 Å². The number of pyridine rings is 1. The van der Waals surface area contributed by atoms with Gasteiger partial charge in [0.1, 0.15) is 5.75 Å². The highest BCUT2D eigenvalue weighted by Gasteiger charge is 2.02. The minimum atomic E-state index is 0.465. The maximum atomic E-state index is 5.18. The van der Waals surface area contributed by atoms with E-state index in [2.05, 4.69) is 24.1 Å². The van der Waals surface area contributed by atoms with Crippen LogP contribution in [0, 0.1) is 0 Å². The molecule has 72 valence electrons. The molecule has 3 nitrogen and oxygen atoms in total. The Labute approximate surface area is 79.1 Å². The Morgan fingerprint density at radius 3 is 2.92 bits per heavy atom. The van der Waals surface area contributed by atoms with E-state index >= 15 is 0 Å². The molecule has 0 spiro atoms. The number of nitrogens with one attached hydrogen (secondary N) is 1. The molecule has 0 fully saturated rings. The zero-order valence-electron chi connectivity index (χ0n) is 8.37. The second kappa shape index (κ2) is 4.82. The second-order valence-corrected chi connectivity index (χ2v) is 3.19. The van der Waals surface area contributed by atoms with Gasteiger partial charge in [-0.05, 0) is 12.1 Å². The van der Waals surface area contributed by atoms with Crippen LogP contribution in [0.5, 0.6) is 5.75 Å². The minimum Gasteiger partial charge on any atom is -0.495 e. The molecule has 13 heavy (non-hydrogen) atoms. The molecule has 0 aliphatic rings. The van der Waals surface area contributed by atoms with Crippen LogP contribution in [0.25, 0.3) is 0 Å². The molecular weight excluding hydrogens is 164 g/mol. The van der Waals surface area contributed by atoms with Crippen molar-refractivity contribution in [2.75, 3.05) is 7.11 Å². The molecule has 0 atom stereocenters. The van der Waals surface area contributed by atoms with Crippen LogP contribution in [-0.4, -0.2) is 18.1 Å². The van der Waals surface area contributed by atoms with Crippen LogP contribution in [0.4, 0.5) is 0 Å². The fraction of sp³-hybridized carbons (Fsp3) is 0.500. The molecule has 0 aliphatic heterocycles. The first kappa shape index (κ1) is 9.99. The lowest BCUT2D eigenvalue weighted by molar-refractivity contribution is 0.403. The van der Waals surface area contributed by atoms with Crippen LogP contribution < -0.4 is 10.1 Å². The summed E-state index contributed by atoms with van der Waals surface area (Å²) in [5.74, 6) is 0.843. The Bertz CT molecular complexity index is 261. The summed E-state index contributed by atoms with van der Waals surface area (Å²) >= 11 is 0. The molecule has 0 radical (unpaired) electrons. The van der Waals surface area contributed by atoms with Crippen molar-refractivity contribution >= 4 is 0 Å². The van der Waals surface area contributed by atoms with Gasteiger partial charge < -0.3 is 10.1 Å². The van der Waals surface area contributed by atoms with E-state index in [1.54, 1.807) is 13.3 Å². The minimum absolute atomic E-state index is 0.465. The van der Waals surface area contributed by atoms with Crippen molar-refractivity contribution in [2.24, 2.45) is 0 Å². The first-order valence-corrected chi connectivity index (χ1v) is 4.45. The van der Waals surface area contributed by atoms with Crippen LogP contribution in [0.2, 0.25) is 0 Å². The highest BCUT2D eigenvalue weighted by atomic mass is 16.5. The van der Waals surface area contributed by atoms with Gasteiger partial charge >= 0.3 is 0 Å². The van der Waals surface area contributed by atoms with Crippen molar-refractivity contribution in [3.05, 3.63) is 24.0 Å². The molecule has 0 unspecified atom stereocenters. The van der Waals surface area contributed by atoms with Crippen molar-refractivity contribution in [3.8, 4) is 5.75 Å². The number of ether oxygens (including phenoxy) is 1. The molecule has 0 aliphatic carbocycles. The monoisotopic (exact) mass is 180 g/mol. The van der Waals surface area contributed by atoms with Gasteiger partial charge in [0.25, 0.3) is 0 Å². The van der Waals surface area contributed by atoms with Crippen LogP contribution in [0.3, 0.4) is 0 Å². The van der Waals surface area contributed by atoms with Gasteiger partial charge in [-0.1, -0.05) is 13.8 Å². The summed E-state index contributed by atoms with van der Waals surface area (Å²) in [6, 6.07) is 4.26. The molecule has 0 bridgehead atoms. The molecule has 3 heteroatoms. The van der Waals surface area contributed by atoms with Crippen molar-refractivity contribution in [3.63, 3.8) is 0 Å². The van der Waals surface area contributed by atoms with Gasteiger partial charge in [-0.15, -0.1) is 0 Å². The third-order valence-corrected chi connectivity index (χ3v) is 1.75. The number of hydrogen-bond donors (Lipinski definition) is 1. The van der Waals surface area contributed by atoms with Gasteiger partial charge in [0.15, 0.2) is 0 Å². The summed E-state index contributed by atoms with van der Waals surface area (Å²) in [6.07, 6.45) is 1.78. The van der Waals surface area contributed by atoms with E-state index in [1.165, 1.54) is 0 Å². The number of aromatic nitrogens is 1. The molecule has 0 aromatic carbocycles. The molecular formula is C10H16N2O. The second-order valence-electron chi connectivity index (χ2n) is 3.19. The topological polar surface area (TPSA) is 34.1 Å². The maximum absolute atomic E-state index is 5.18. The number of methoxy groups -OCH3 is 1. The molecule has 0 saturated heterocycles. The van der Waals surface area contributed by atoms with E-state index in [0.29, 0.717) is 6.04 Å². The predicted octanol–water partition coefficient (Wildman–Crippen LogP) is 1.59. The Balaban J connectivity index is 2.64. The Morgan fingerprint density at radius 2 is 2.31 bits per heavy atom. The summed E-state index contributed by atoms with van der Waals surface area (Å²) < 4.78 is 5.18. The van der Waals surface area contributed by atoms with E-state index in [-0.39, 0.29) is 0 Å². The lowest BCUT2D eigenvalue weighted by Gasteiger charge is -2.10. The van der Waals surface area contributed by atoms with E-state index in [4.69, 9.17) is 4.74 Å². The zero-order valence-corrected chi connectivity index (χ0v) is 8.37. The summed E-state index contributed by atoms with van der Waals surface area (Å²) in [5.41, 5.74) is 0.957. The molecule has 0 saturated carbocycles. The maximum Gasteiger partial charge on any atom is 0.141 e. The Morgan fingerprint density at radius 1 is 1.54 bits per heavy atom. The average molecular weight is 180 g/mol. The molecule has 1 rings (SSSR count). The molecule has 1 heterocycles. The number of nitrogens with zero attached hydrogens (tertiary/aromatic N) is 1. The fourth-order valence-corrected chi connectivity index (χ4v) is 1.04. The van der Waals surface area contributed by atoms with Crippen LogP contribution >= 0.6 is 0 Å². The van der Waals surface area contributed by atoms with Gasteiger partial charge in [-0.2, -0.15) is 0 Å². The Kier molecular flexibility index (Phi) is 3.71. The smallest absolute Gasteiger partial charge is 0.141 e. The third kappa shape index (κ3) is 3.03. The Hall–Kier alpha value is -1.09. The summed E-state index contributed by atoms with van der Waals surface area (Å²) in [6.45, 7) is 4.96. The van der Waals surface area contributed by atoms with Crippen molar-refractivity contribution < 1.29 is 4.74 Å². The summed E-state index contributed by atoms with van der Waals surface area (Å²) in [7, 11) is 1.66. The first-order chi connectivity index (χ1) is 6.24. The highest BCUT2D eigenvalue weighted by molar-refractivity contribution is 5.26. The van der Waals surface area contributed by atoms with E-state index < -0.39 is 0 Å². The summed E-state index contributed by atoms with van der Waals surface area (Å²) in [4.78, 5) is 4.23. The van der Waals surface area contributed by atoms with Crippen molar-refractivity contribution in [1.82, 2.24) is 10.3 Å². The molecule has 0 amide bonds. The fourth-order valence-electron chi connectivity index (χ4n) is 1.04. The van der Waals surface area contributed by atoms with Gasteiger partial charge in [0, 0.05) is 18.8 Å². The van der Waals surface area contributed by atoms with Crippen LogP contribution in [-0.2, 0) is 6.54 Å². The standard InChI is InChI=1S/C10H16N2O/c1-8(2)12-7-9-10(13-3)5-4-6-11-9/h4-6,8,12H,7H2,1-3H3. The SMILES string of the molecule is COc1cccnc1CNC(C)C. The van der Waals surface area contributed by atoms with Gasteiger partial charge in [0.2, 0.25) is 0 Å². The predicted molar refractivity (Wildman–Crippen MR) is 52.8 cm³/mol. The van der Waals surface area contributed by atoms with Gasteiger partial charge in [0.05, 0.1) is 12.8 Å². The summed E-state index contributed by atoms with van der Waals surface area (Å²) in [5, 5.41) is 3.29. The number of hydrogen-bond acceptors (Lipinski definition) is 3. The average Bonchev–Trinajstić information content (AvgIpc) is 2.15. The third-order valence-electron chi connectivity index (χ3n) is 1.75. The largest absolute Gasteiger partial charge is 0.495 e. The molecule has 1 N–H and O–H groups in total. The van der Waals surface area contributed by atoms with E-state index in [1.807, 2.05) is 12.1 Å². The van der Waals surface area contributed by atoms with Gasteiger partial charge in [-0.25, -0.2) is 0 Å². The van der Waals surface area contributed by atoms with Crippen molar-refractivity contribution in [2.45, 2.75) is 26.4 Å². The quantitative estimate of drug-likeness (QED) is 0.764. The number of rotatable bonds is 4.